The van der Waals surface area contributed by atoms with Crippen LogP contribution >= 0.6 is 11.3 Å². The van der Waals surface area contributed by atoms with Gasteiger partial charge in [0.1, 0.15) is 11.6 Å². The minimum atomic E-state index is -0.204. The fourth-order valence-electron chi connectivity index (χ4n) is 1.61. The highest BCUT2D eigenvalue weighted by Gasteiger charge is 2.06. The van der Waals surface area contributed by atoms with Gasteiger partial charge in [0.05, 0.1) is 0 Å². The Kier molecular flexibility index (Phi) is 4.52. The van der Waals surface area contributed by atoms with Crippen molar-refractivity contribution in [3.05, 3.63) is 45.9 Å². The Balaban J connectivity index is 1.74. The molecule has 4 nitrogen and oxygen atoms in total. The fraction of sp³-hybridized carbons (Fsp3) is 0.286. The number of hydrogen-bond donors (Lipinski definition) is 1. The number of carbonyl (C=O) groups is 1. The molecule has 0 spiro atoms. The summed E-state index contributed by atoms with van der Waals surface area (Å²) in [5.74, 6) is -0.204. The number of anilines is 1. The van der Waals surface area contributed by atoms with Crippen LogP contribution in [-0.4, -0.2) is 11.0 Å². The van der Waals surface area contributed by atoms with Crippen molar-refractivity contribution in [3.8, 4) is 0 Å². The van der Waals surface area contributed by atoms with E-state index in [1.807, 2.05) is 36.6 Å². The number of aromatic nitrogens is 1. The second kappa shape index (κ2) is 6.33. The van der Waals surface area contributed by atoms with Crippen molar-refractivity contribution in [2.45, 2.75) is 26.4 Å². The SMILES string of the molecule is Cc1csc(COC(=O)CCc2ccc(N)cc2)n1. The Hall–Kier alpha value is -1.88. The summed E-state index contributed by atoms with van der Waals surface area (Å²) < 4.78 is 5.17. The highest BCUT2D eigenvalue weighted by Crippen LogP contribution is 2.11. The lowest BCUT2D eigenvalue weighted by Gasteiger charge is -2.03. The molecule has 1 heterocycles. The van der Waals surface area contributed by atoms with Crippen LogP contribution in [0.4, 0.5) is 5.69 Å². The summed E-state index contributed by atoms with van der Waals surface area (Å²) in [5, 5.41) is 2.77. The molecule has 19 heavy (non-hydrogen) atoms. The molecule has 100 valence electrons. The van der Waals surface area contributed by atoms with Gasteiger partial charge in [0.2, 0.25) is 0 Å². The number of nitrogen functional groups attached to an aromatic ring is 1. The minimum Gasteiger partial charge on any atom is -0.458 e. The quantitative estimate of drug-likeness (QED) is 0.673. The van der Waals surface area contributed by atoms with Crippen LogP contribution in [0, 0.1) is 6.92 Å². The van der Waals surface area contributed by atoms with Crippen molar-refractivity contribution in [3.63, 3.8) is 0 Å². The van der Waals surface area contributed by atoms with Crippen LogP contribution in [0.15, 0.2) is 29.6 Å². The number of thiazole rings is 1. The van der Waals surface area contributed by atoms with E-state index in [-0.39, 0.29) is 12.6 Å². The molecule has 0 aliphatic heterocycles. The molecule has 0 fully saturated rings. The van der Waals surface area contributed by atoms with E-state index in [2.05, 4.69) is 4.98 Å². The van der Waals surface area contributed by atoms with Crippen molar-refractivity contribution < 1.29 is 9.53 Å². The van der Waals surface area contributed by atoms with E-state index in [0.29, 0.717) is 12.8 Å². The van der Waals surface area contributed by atoms with Crippen LogP contribution in [-0.2, 0) is 22.6 Å². The molecule has 0 amide bonds. The van der Waals surface area contributed by atoms with Crippen molar-refractivity contribution in [2.75, 3.05) is 5.73 Å². The minimum absolute atomic E-state index is 0.204. The van der Waals surface area contributed by atoms with E-state index >= 15 is 0 Å². The first-order valence-electron chi connectivity index (χ1n) is 6.04. The third-order valence-electron chi connectivity index (χ3n) is 2.62. The summed E-state index contributed by atoms with van der Waals surface area (Å²) in [6, 6.07) is 7.51. The number of carbonyl (C=O) groups excluding carboxylic acids is 1. The van der Waals surface area contributed by atoms with Crippen molar-refractivity contribution in [1.82, 2.24) is 4.98 Å². The molecule has 0 saturated heterocycles. The Labute approximate surface area is 116 Å². The molecule has 1 aromatic heterocycles. The van der Waals surface area contributed by atoms with Crippen LogP contribution in [0.25, 0.3) is 0 Å². The Morgan fingerprint density at radius 3 is 2.74 bits per heavy atom. The molecule has 0 unspecified atom stereocenters. The van der Waals surface area contributed by atoms with Gasteiger partial charge in [0.25, 0.3) is 0 Å². The maximum absolute atomic E-state index is 11.6. The largest absolute Gasteiger partial charge is 0.458 e. The maximum Gasteiger partial charge on any atom is 0.306 e. The molecule has 0 aliphatic rings. The molecule has 0 radical (unpaired) electrons. The smallest absolute Gasteiger partial charge is 0.306 e. The monoisotopic (exact) mass is 276 g/mol. The number of rotatable bonds is 5. The number of nitrogens with two attached hydrogens (primary N) is 1. The van der Waals surface area contributed by atoms with Gasteiger partial charge in [0.15, 0.2) is 0 Å². The van der Waals surface area contributed by atoms with E-state index < -0.39 is 0 Å². The van der Waals surface area contributed by atoms with Gasteiger partial charge in [0, 0.05) is 23.2 Å². The molecule has 0 atom stereocenters. The normalized spacial score (nSPS) is 10.4. The highest BCUT2D eigenvalue weighted by molar-refractivity contribution is 7.09. The lowest BCUT2D eigenvalue weighted by molar-refractivity contribution is -0.144. The van der Waals surface area contributed by atoms with Gasteiger partial charge in [-0.1, -0.05) is 12.1 Å². The molecule has 2 N–H and O–H groups in total. The van der Waals surface area contributed by atoms with Crippen LogP contribution in [0.3, 0.4) is 0 Å². The molecule has 1 aromatic carbocycles. The van der Waals surface area contributed by atoms with Crippen LogP contribution < -0.4 is 5.73 Å². The van der Waals surface area contributed by atoms with Gasteiger partial charge in [-0.2, -0.15) is 0 Å². The first kappa shape index (κ1) is 13.5. The fourth-order valence-corrected chi connectivity index (χ4v) is 2.30. The van der Waals surface area contributed by atoms with Crippen molar-refractivity contribution in [1.29, 1.82) is 0 Å². The molecular weight excluding hydrogens is 260 g/mol. The zero-order chi connectivity index (χ0) is 13.7. The van der Waals surface area contributed by atoms with Crippen LogP contribution in [0.1, 0.15) is 22.7 Å². The maximum atomic E-state index is 11.6. The number of ether oxygens (including phenoxy) is 1. The van der Waals surface area contributed by atoms with E-state index in [1.54, 1.807) is 0 Å². The average Bonchev–Trinajstić information content (AvgIpc) is 2.81. The van der Waals surface area contributed by atoms with E-state index in [1.165, 1.54) is 11.3 Å². The van der Waals surface area contributed by atoms with Gasteiger partial charge in [-0.05, 0) is 31.0 Å². The molecule has 0 aliphatic carbocycles. The van der Waals surface area contributed by atoms with Crippen LogP contribution in [0.5, 0.6) is 0 Å². The zero-order valence-corrected chi connectivity index (χ0v) is 11.6. The number of nitrogens with zero attached hydrogens (tertiary/aromatic N) is 1. The topological polar surface area (TPSA) is 65.2 Å². The predicted octanol–water partition coefficient (Wildman–Crippen LogP) is 2.71. The van der Waals surface area contributed by atoms with Crippen molar-refractivity contribution >= 4 is 23.0 Å². The van der Waals surface area contributed by atoms with E-state index in [9.17, 15) is 4.79 Å². The Morgan fingerprint density at radius 1 is 1.37 bits per heavy atom. The first-order valence-corrected chi connectivity index (χ1v) is 6.92. The van der Waals surface area contributed by atoms with Gasteiger partial charge in [-0.3, -0.25) is 4.79 Å². The summed E-state index contributed by atoms with van der Waals surface area (Å²) in [6.45, 7) is 2.18. The molecule has 2 rings (SSSR count). The number of hydrogen-bond acceptors (Lipinski definition) is 5. The summed E-state index contributed by atoms with van der Waals surface area (Å²) in [4.78, 5) is 15.8. The number of esters is 1. The molecular formula is C14H16N2O2S. The highest BCUT2D eigenvalue weighted by atomic mass is 32.1. The molecule has 0 bridgehead atoms. The van der Waals surface area contributed by atoms with Gasteiger partial charge >= 0.3 is 5.97 Å². The average molecular weight is 276 g/mol. The van der Waals surface area contributed by atoms with E-state index in [4.69, 9.17) is 10.5 Å². The summed E-state index contributed by atoms with van der Waals surface area (Å²) >= 11 is 1.51. The standard InChI is InChI=1S/C14H16N2O2S/c1-10-9-19-13(16-10)8-18-14(17)7-4-11-2-5-12(15)6-3-11/h2-3,5-6,9H,4,7-8,15H2,1H3. The molecule has 0 saturated carbocycles. The van der Waals surface area contributed by atoms with Gasteiger partial charge in [-0.15, -0.1) is 11.3 Å². The lowest BCUT2D eigenvalue weighted by atomic mass is 10.1. The number of aryl methyl sites for hydroxylation is 2. The third kappa shape index (κ3) is 4.37. The lowest BCUT2D eigenvalue weighted by Crippen LogP contribution is -2.05. The van der Waals surface area contributed by atoms with Gasteiger partial charge in [-0.25, -0.2) is 4.98 Å². The predicted molar refractivity (Wildman–Crippen MR) is 75.8 cm³/mol. The van der Waals surface area contributed by atoms with E-state index in [0.717, 1.165) is 22.0 Å². The van der Waals surface area contributed by atoms with Crippen molar-refractivity contribution in [2.24, 2.45) is 0 Å². The Morgan fingerprint density at radius 2 is 2.11 bits per heavy atom. The number of benzene rings is 1. The van der Waals surface area contributed by atoms with Crippen LogP contribution in [0.2, 0.25) is 0 Å². The second-order valence-electron chi connectivity index (χ2n) is 4.28. The second-order valence-corrected chi connectivity index (χ2v) is 5.23. The molecule has 2 aromatic rings. The molecule has 5 heteroatoms. The third-order valence-corrected chi connectivity index (χ3v) is 3.56. The first-order chi connectivity index (χ1) is 9.13. The Bertz CT molecular complexity index is 549. The summed E-state index contributed by atoms with van der Waals surface area (Å²) in [7, 11) is 0. The zero-order valence-electron chi connectivity index (χ0n) is 10.8. The summed E-state index contributed by atoms with van der Waals surface area (Å²) in [5.41, 5.74) is 8.36. The summed E-state index contributed by atoms with van der Waals surface area (Å²) in [6.07, 6.45) is 1.03. The van der Waals surface area contributed by atoms with Gasteiger partial charge < -0.3 is 10.5 Å².